The molecule has 1 fully saturated rings. The van der Waals surface area contributed by atoms with Crippen LogP contribution in [0.3, 0.4) is 0 Å². The summed E-state index contributed by atoms with van der Waals surface area (Å²) in [7, 11) is 0. The number of carbonyl (C=O) groups is 3. The molecule has 1 aromatic rings. The van der Waals surface area contributed by atoms with Crippen molar-refractivity contribution < 1.29 is 19.1 Å². The maximum absolute atomic E-state index is 14.0. The molecule has 0 heterocycles. The zero-order valence-corrected chi connectivity index (χ0v) is 24.9. The summed E-state index contributed by atoms with van der Waals surface area (Å²) in [6.45, 7) is 9.87. The van der Waals surface area contributed by atoms with E-state index in [-0.39, 0.29) is 23.6 Å². The Morgan fingerprint density at radius 2 is 1.71 bits per heavy atom. The van der Waals surface area contributed by atoms with Crippen molar-refractivity contribution in [3.8, 4) is 0 Å². The molecule has 3 amide bonds. The second kappa shape index (κ2) is 16.0. The van der Waals surface area contributed by atoms with Crippen molar-refractivity contribution in [2.75, 3.05) is 12.3 Å². The van der Waals surface area contributed by atoms with Gasteiger partial charge >= 0.3 is 6.09 Å². The van der Waals surface area contributed by atoms with Crippen molar-refractivity contribution in [3.63, 3.8) is 0 Å². The molecule has 0 saturated heterocycles. The number of hydrogen-bond donors (Lipinski definition) is 3. The molecule has 1 aromatic carbocycles. The third-order valence-corrected chi connectivity index (χ3v) is 7.32. The maximum Gasteiger partial charge on any atom is 0.408 e. The van der Waals surface area contributed by atoms with Gasteiger partial charge in [-0.15, -0.1) is 0 Å². The van der Waals surface area contributed by atoms with E-state index in [1.807, 2.05) is 31.2 Å². The molecular weight excluding hydrogens is 498 g/mol. The number of rotatable bonds is 13. The van der Waals surface area contributed by atoms with Crippen LogP contribution in [-0.2, 0) is 14.3 Å². The van der Waals surface area contributed by atoms with E-state index in [0.29, 0.717) is 6.54 Å². The molecule has 0 bridgehead atoms. The molecular formula is C30H49N3O4S. The summed E-state index contributed by atoms with van der Waals surface area (Å²) < 4.78 is 5.40. The van der Waals surface area contributed by atoms with Crippen LogP contribution < -0.4 is 10.6 Å². The van der Waals surface area contributed by atoms with E-state index < -0.39 is 23.8 Å². The van der Waals surface area contributed by atoms with Crippen molar-refractivity contribution in [1.29, 1.82) is 0 Å². The molecule has 1 saturated carbocycles. The molecule has 8 heteroatoms. The number of hydrogen-bond acceptors (Lipinski definition) is 5. The fraction of sp³-hybridized carbons (Fsp3) is 0.700. The third-order valence-electron chi connectivity index (χ3n) is 6.95. The van der Waals surface area contributed by atoms with E-state index in [1.54, 1.807) is 25.7 Å². The van der Waals surface area contributed by atoms with Crippen molar-refractivity contribution in [3.05, 3.63) is 35.4 Å². The summed E-state index contributed by atoms with van der Waals surface area (Å²) in [4.78, 5) is 42.2. The normalized spacial score (nSPS) is 15.8. The first-order valence-electron chi connectivity index (χ1n) is 14.3. The van der Waals surface area contributed by atoms with Crippen LogP contribution in [0.2, 0.25) is 0 Å². The number of unbranched alkanes of at least 4 members (excludes halogenated alkanes) is 4. The number of nitrogens with zero attached hydrogens (tertiary/aromatic N) is 1. The minimum atomic E-state index is -0.919. The highest BCUT2D eigenvalue weighted by Gasteiger charge is 2.37. The van der Waals surface area contributed by atoms with E-state index in [1.165, 1.54) is 6.42 Å². The Kier molecular flexibility index (Phi) is 13.5. The monoisotopic (exact) mass is 547 g/mol. The van der Waals surface area contributed by atoms with Crippen LogP contribution >= 0.6 is 12.6 Å². The fourth-order valence-electron chi connectivity index (χ4n) is 4.96. The molecule has 38 heavy (non-hydrogen) atoms. The Labute approximate surface area is 235 Å². The topological polar surface area (TPSA) is 87.7 Å². The Morgan fingerprint density at radius 1 is 1.05 bits per heavy atom. The van der Waals surface area contributed by atoms with Gasteiger partial charge in [0.05, 0.1) is 0 Å². The van der Waals surface area contributed by atoms with Gasteiger partial charge in [-0.2, -0.15) is 12.6 Å². The molecule has 214 valence electrons. The maximum atomic E-state index is 14.0. The summed E-state index contributed by atoms with van der Waals surface area (Å²) in [6.07, 6.45) is 9.70. The molecule has 2 N–H and O–H groups in total. The quantitative estimate of drug-likeness (QED) is 0.205. The molecule has 0 spiro atoms. The predicted octanol–water partition coefficient (Wildman–Crippen LogP) is 6.11. The highest BCUT2D eigenvalue weighted by molar-refractivity contribution is 7.80. The largest absolute Gasteiger partial charge is 0.444 e. The highest BCUT2D eigenvalue weighted by Crippen LogP contribution is 2.28. The predicted molar refractivity (Wildman–Crippen MR) is 156 cm³/mol. The smallest absolute Gasteiger partial charge is 0.408 e. The van der Waals surface area contributed by atoms with Crippen LogP contribution in [-0.4, -0.2) is 52.8 Å². The van der Waals surface area contributed by atoms with Gasteiger partial charge in [0.25, 0.3) is 0 Å². The minimum absolute atomic E-state index is 0.0924. The van der Waals surface area contributed by atoms with Crippen molar-refractivity contribution in [1.82, 2.24) is 15.5 Å². The number of thiol groups is 1. The van der Waals surface area contributed by atoms with Gasteiger partial charge in [-0.25, -0.2) is 4.79 Å². The van der Waals surface area contributed by atoms with Gasteiger partial charge in [0, 0.05) is 18.3 Å². The number of benzene rings is 1. The second-order valence-corrected chi connectivity index (χ2v) is 11.8. The van der Waals surface area contributed by atoms with E-state index in [4.69, 9.17) is 4.74 Å². The fourth-order valence-corrected chi connectivity index (χ4v) is 5.21. The van der Waals surface area contributed by atoms with Crippen molar-refractivity contribution in [2.24, 2.45) is 0 Å². The number of amides is 3. The number of alkyl carbamates (subject to hydrolysis) is 1. The first kappa shape index (κ1) is 32.0. The lowest BCUT2D eigenvalue weighted by molar-refractivity contribution is -0.142. The van der Waals surface area contributed by atoms with Gasteiger partial charge in [0.1, 0.15) is 17.7 Å². The van der Waals surface area contributed by atoms with Gasteiger partial charge in [-0.05, 0) is 58.1 Å². The summed E-state index contributed by atoms with van der Waals surface area (Å²) in [6, 6.07) is 6.14. The van der Waals surface area contributed by atoms with E-state index in [0.717, 1.165) is 68.9 Å². The molecule has 0 radical (unpaired) electrons. The standard InChI is InChI=1S/C30H49N3O4S/c1-6-7-8-9-15-20-33(28(35)25(21-38)32-29(36)37-30(3,4)5)26(24-19-14-13-16-22(24)2)27(34)31-23-17-11-10-12-18-23/h13-14,16,19,23,25-26,38H,6-12,15,17-18,20-21H2,1-5H3,(H,31,34)(H,32,36). The first-order chi connectivity index (χ1) is 18.1. The summed E-state index contributed by atoms with van der Waals surface area (Å²) in [5, 5.41) is 5.95. The van der Waals surface area contributed by atoms with Gasteiger partial charge in [0.2, 0.25) is 11.8 Å². The number of aryl methyl sites for hydroxylation is 1. The lowest BCUT2D eigenvalue weighted by atomic mass is 9.93. The zero-order valence-electron chi connectivity index (χ0n) is 24.1. The van der Waals surface area contributed by atoms with E-state index >= 15 is 0 Å². The van der Waals surface area contributed by atoms with Crippen molar-refractivity contribution >= 4 is 30.5 Å². The molecule has 0 aliphatic heterocycles. The number of ether oxygens (including phenoxy) is 1. The number of carbonyl (C=O) groups excluding carboxylic acids is 3. The molecule has 2 atom stereocenters. The molecule has 2 rings (SSSR count). The molecule has 1 aliphatic rings. The van der Waals surface area contributed by atoms with Gasteiger partial charge in [0.15, 0.2) is 0 Å². The Morgan fingerprint density at radius 3 is 2.32 bits per heavy atom. The Balaban J connectivity index is 2.39. The van der Waals surface area contributed by atoms with Crippen LogP contribution in [0.1, 0.15) is 109 Å². The lowest BCUT2D eigenvalue weighted by Gasteiger charge is -2.36. The van der Waals surface area contributed by atoms with Gasteiger partial charge in [-0.1, -0.05) is 76.1 Å². The summed E-state index contributed by atoms with van der Waals surface area (Å²) in [5.41, 5.74) is 1.05. The number of nitrogens with one attached hydrogen (secondary N) is 2. The lowest BCUT2D eigenvalue weighted by Crippen LogP contribution is -2.54. The molecule has 0 aromatic heterocycles. The molecule has 7 nitrogen and oxygen atoms in total. The minimum Gasteiger partial charge on any atom is -0.444 e. The highest BCUT2D eigenvalue weighted by atomic mass is 32.1. The molecule has 1 aliphatic carbocycles. The van der Waals surface area contributed by atoms with E-state index in [9.17, 15) is 14.4 Å². The Bertz CT molecular complexity index is 896. The second-order valence-electron chi connectivity index (χ2n) is 11.4. The third kappa shape index (κ3) is 10.5. The first-order valence-corrected chi connectivity index (χ1v) is 15.0. The van der Waals surface area contributed by atoms with Gasteiger partial charge in [-0.3, -0.25) is 9.59 Å². The average Bonchev–Trinajstić information content (AvgIpc) is 2.86. The van der Waals surface area contributed by atoms with Gasteiger partial charge < -0.3 is 20.3 Å². The van der Waals surface area contributed by atoms with Crippen LogP contribution in [0, 0.1) is 6.92 Å². The molecule has 2 unspecified atom stereocenters. The van der Waals surface area contributed by atoms with Crippen LogP contribution in [0.15, 0.2) is 24.3 Å². The van der Waals surface area contributed by atoms with E-state index in [2.05, 4.69) is 30.2 Å². The summed E-state index contributed by atoms with van der Waals surface area (Å²) >= 11 is 4.39. The van der Waals surface area contributed by atoms with Crippen LogP contribution in [0.5, 0.6) is 0 Å². The average molecular weight is 548 g/mol. The SMILES string of the molecule is CCCCCCCN(C(=O)C(CS)NC(=O)OC(C)(C)C)C(C(=O)NC1CCCCC1)c1ccccc1C. The van der Waals surface area contributed by atoms with Crippen LogP contribution in [0.4, 0.5) is 4.79 Å². The Hall–Kier alpha value is -2.22. The summed E-state index contributed by atoms with van der Waals surface area (Å²) in [5.74, 6) is -0.397. The van der Waals surface area contributed by atoms with Crippen LogP contribution in [0.25, 0.3) is 0 Å². The van der Waals surface area contributed by atoms with Crippen molar-refractivity contribution in [2.45, 2.75) is 123 Å². The zero-order chi connectivity index (χ0) is 28.1.